The molecule has 0 aliphatic heterocycles. The zero-order valence-corrected chi connectivity index (χ0v) is 18.5. The molecule has 1 atom stereocenters. The lowest BCUT2D eigenvalue weighted by atomic mass is 9.89. The first-order chi connectivity index (χ1) is 10.3. The molecule has 1 unspecified atom stereocenters. The molecule has 0 aliphatic rings. The number of guanidine groups is 1. The molecule has 0 fully saturated rings. The number of aromatic nitrogens is 1. The summed E-state index contributed by atoms with van der Waals surface area (Å²) in [5.41, 5.74) is 1.23. The van der Waals surface area contributed by atoms with Gasteiger partial charge in [0.1, 0.15) is 0 Å². The van der Waals surface area contributed by atoms with Gasteiger partial charge in [-0.1, -0.05) is 20.8 Å². The highest BCUT2D eigenvalue weighted by molar-refractivity contribution is 14.0. The van der Waals surface area contributed by atoms with Gasteiger partial charge in [-0.3, -0.25) is 4.99 Å². The maximum absolute atomic E-state index is 5.55. The Bertz CT molecular complexity index is 497. The second kappa shape index (κ2) is 10.5. The van der Waals surface area contributed by atoms with Gasteiger partial charge >= 0.3 is 0 Å². The lowest BCUT2D eigenvalue weighted by Gasteiger charge is -2.30. The minimum Gasteiger partial charge on any atom is -0.379 e. The van der Waals surface area contributed by atoms with Crippen molar-refractivity contribution in [3.05, 3.63) is 15.6 Å². The van der Waals surface area contributed by atoms with Crippen LogP contribution in [0, 0.1) is 19.3 Å². The highest BCUT2D eigenvalue weighted by atomic mass is 127. The molecule has 0 radical (unpaired) electrons. The van der Waals surface area contributed by atoms with E-state index in [0.29, 0.717) is 0 Å². The van der Waals surface area contributed by atoms with Crippen molar-refractivity contribution in [2.24, 2.45) is 10.4 Å². The fourth-order valence-corrected chi connectivity index (χ4v) is 3.19. The third-order valence-corrected chi connectivity index (χ3v) is 4.71. The monoisotopic (exact) mass is 454 g/mol. The molecule has 5 nitrogen and oxygen atoms in total. The van der Waals surface area contributed by atoms with E-state index in [1.54, 1.807) is 25.5 Å². The zero-order valence-electron chi connectivity index (χ0n) is 15.3. The fourth-order valence-electron chi connectivity index (χ4n) is 2.25. The van der Waals surface area contributed by atoms with Crippen LogP contribution in [0.2, 0.25) is 0 Å². The summed E-state index contributed by atoms with van der Waals surface area (Å²) in [6.45, 7) is 12.2. The number of nitrogens with one attached hydrogen (secondary N) is 2. The van der Waals surface area contributed by atoms with Crippen LogP contribution < -0.4 is 10.6 Å². The Hall–Kier alpha value is -0.410. The number of nitrogens with zero attached hydrogens (tertiary/aromatic N) is 2. The molecule has 23 heavy (non-hydrogen) atoms. The Morgan fingerprint density at radius 1 is 1.30 bits per heavy atom. The molecule has 134 valence electrons. The smallest absolute Gasteiger partial charge is 0.191 e. The molecule has 0 saturated heterocycles. The van der Waals surface area contributed by atoms with Crippen LogP contribution >= 0.6 is 35.3 Å². The first kappa shape index (κ1) is 22.6. The number of halogens is 1. The van der Waals surface area contributed by atoms with Gasteiger partial charge in [-0.25, -0.2) is 4.98 Å². The standard InChI is InChI=1S/C16H30N4OS.HI/c1-11-13(22-12(2)20-11)8-9-18-15(17-6)19-10-14(21-7)16(3,4)5;/h14H,8-10H2,1-7H3,(H2,17,18,19);1H. The van der Waals surface area contributed by atoms with Gasteiger partial charge in [0.05, 0.1) is 16.8 Å². The minimum absolute atomic E-state index is 0. The van der Waals surface area contributed by atoms with E-state index in [-0.39, 0.29) is 35.5 Å². The van der Waals surface area contributed by atoms with Crippen molar-refractivity contribution in [3.8, 4) is 0 Å². The molecule has 1 aromatic rings. The van der Waals surface area contributed by atoms with Gasteiger partial charge in [-0.2, -0.15) is 0 Å². The van der Waals surface area contributed by atoms with Crippen molar-refractivity contribution in [1.82, 2.24) is 15.6 Å². The van der Waals surface area contributed by atoms with Crippen LogP contribution in [0.3, 0.4) is 0 Å². The first-order valence-corrected chi connectivity index (χ1v) is 8.49. The maximum atomic E-state index is 5.55. The molecular weight excluding hydrogens is 423 g/mol. The van der Waals surface area contributed by atoms with Gasteiger partial charge in [-0.15, -0.1) is 35.3 Å². The molecule has 1 rings (SSSR count). The molecule has 2 N–H and O–H groups in total. The predicted octanol–water partition coefficient (Wildman–Crippen LogP) is 3.15. The van der Waals surface area contributed by atoms with Crippen molar-refractivity contribution >= 4 is 41.3 Å². The van der Waals surface area contributed by atoms with Gasteiger partial charge in [0.25, 0.3) is 0 Å². The Balaban J connectivity index is 0.00000484. The van der Waals surface area contributed by atoms with Gasteiger partial charge in [0.15, 0.2) is 5.96 Å². The molecule has 0 saturated carbocycles. The van der Waals surface area contributed by atoms with Crippen molar-refractivity contribution in [2.45, 2.75) is 47.1 Å². The fraction of sp³-hybridized carbons (Fsp3) is 0.750. The Labute approximate surface area is 161 Å². The number of aryl methyl sites for hydroxylation is 2. The topological polar surface area (TPSA) is 58.5 Å². The summed E-state index contributed by atoms with van der Waals surface area (Å²) in [4.78, 5) is 10.1. The summed E-state index contributed by atoms with van der Waals surface area (Å²) in [6.07, 6.45) is 1.10. The first-order valence-electron chi connectivity index (χ1n) is 7.68. The molecule has 0 aliphatic carbocycles. The second-order valence-electron chi connectivity index (χ2n) is 6.46. The van der Waals surface area contributed by atoms with Gasteiger partial charge in [-0.05, 0) is 19.3 Å². The average Bonchev–Trinajstić information content (AvgIpc) is 2.74. The van der Waals surface area contributed by atoms with Crippen LogP contribution in [0.5, 0.6) is 0 Å². The lowest BCUT2D eigenvalue weighted by molar-refractivity contribution is 0.0205. The normalized spacial score (nSPS) is 13.4. The summed E-state index contributed by atoms with van der Waals surface area (Å²) in [6, 6.07) is 0. The lowest BCUT2D eigenvalue weighted by Crippen LogP contribution is -2.45. The maximum Gasteiger partial charge on any atom is 0.191 e. The number of methoxy groups -OCH3 is 1. The zero-order chi connectivity index (χ0) is 16.8. The summed E-state index contributed by atoms with van der Waals surface area (Å²) in [5, 5.41) is 7.81. The summed E-state index contributed by atoms with van der Waals surface area (Å²) in [5.74, 6) is 0.810. The average molecular weight is 454 g/mol. The predicted molar refractivity (Wildman–Crippen MR) is 110 cm³/mol. The molecule has 1 aromatic heterocycles. The number of hydrogen-bond acceptors (Lipinski definition) is 4. The number of rotatable bonds is 6. The third-order valence-electron chi connectivity index (χ3n) is 3.57. The number of ether oxygens (including phenoxy) is 1. The van der Waals surface area contributed by atoms with Crippen LogP contribution in [-0.4, -0.2) is 44.3 Å². The van der Waals surface area contributed by atoms with E-state index < -0.39 is 0 Å². The molecule has 1 heterocycles. The van der Waals surface area contributed by atoms with Crippen molar-refractivity contribution in [2.75, 3.05) is 27.2 Å². The highest BCUT2D eigenvalue weighted by Crippen LogP contribution is 2.21. The van der Waals surface area contributed by atoms with Crippen LogP contribution in [0.1, 0.15) is 36.3 Å². The highest BCUT2D eigenvalue weighted by Gasteiger charge is 2.24. The van der Waals surface area contributed by atoms with Gasteiger partial charge in [0.2, 0.25) is 0 Å². The van der Waals surface area contributed by atoms with Crippen molar-refractivity contribution in [3.63, 3.8) is 0 Å². The van der Waals surface area contributed by atoms with Gasteiger partial charge < -0.3 is 15.4 Å². The van der Waals surface area contributed by atoms with E-state index in [4.69, 9.17) is 4.74 Å². The Kier molecular flexibility index (Phi) is 10.3. The van der Waals surface area contributed by atoms with E-state index in [0.717, 1.165) is 36.2 Å². The van der Waals surface area contributed by atoms with Crippen LogP contribution in [0.4, 0.5) is 0 Å². The molecular formula is C16H31IN4OS. The molecule has 0 spiro atoms. The third kappa shape index (κ3) is 7.80. The molecule has 0 aromatic carbocycles. The summed E-state index contributed by atoms with van der Waals surface area (Å²) in [7, 11) is 3.54. The summed E-state index contributed by atoms with van der Waals surface area (Å²) < 4.78 is 5.55. The minimum atomic E-state index is 0. The van der Waals surface area contributed by atoms with E-state index in [2.05, 4.69) is 48.3 Å². The quantitative estimate of drug-likeness (QED) is 0.394. The van der Waals surface area contributed by atoms with Crippen LogP contribution in [-0.2, 0) is 11.2 Å². The number of hydrogen-bond donors (Lipinski definition) is 2. The molecule has 0 bridgehead atoms. The van der Waals surface area contributed by atoms with E-state index in [1.807, 2.05) is 6.92 Å². The van der Waals surface area contributed by atoms with Crippen LogP contribution in [0.15, 0.2) is 4.99 Å². The molecule has 7 heteroatoms. The van der Waals surface area contributed by atoms with Crippen molar-refractivity contribution < 1.29 is 4.74 Å². The van der Waals surface area contributed by atoms with E-state index in [1.165, 1.54) is 4.88 Å². The van der Waals surface area contributed by atoms with E-state index >= 15 is 0 Å². The summed E-state index contributed by atoms with van der Waals surface area (Å²) >= 11 is 1.77. The Morgan fingerprint density at radius 2 is 1.96 bits per heavy atom. The molecule has 0 amide bonds. The largest absolute Gasteiger partial charge is 0.379 e. The van der Waals surface area contributed by atoms with Crippen LogP contribution in [0.25, 0.3) is 0 Å². The number of thiazole rings is 1. The Morgan fingerprint density at radius 3 is 2.39 bits per heavy atom. The van der Waals surface area contributed by atoms with Gasteiger partial charge in [0, 0.05) is 38.5 Å². The van der Waals surface area contributed by atoms with E-state index in [9.17, 15) is 0 Å². The second-order valence-corrected chi connectivity index (χ2v) is 7.75. The number of aliphatic imine (C=N–C) groups is 1. The SMILES string of the molecule is CN=C(NCCc1sc(C)nc1C)NCC(OC)C(C)(C)C.I. The van der Waals surface area contributed by atoms with Crippen molar-refractivity contribution in [1.29, 1.82) is 0 Å².